The maximum absolute atomic E-state index is 11.0. The van der Waals surface area contributed by atoms with Gasteiger partial charge in [0.25, 0.3) is 0 Å². The van der Waals surface area contributed by atoms with Crippen LogP contribution in [0, 0.1) is 0 Å². The zero-order chi connectivity index (χ0) is 29.5. The maximum atomic E-state index is 11.0. The molecule has 226 valence electrons. The third kappa shape index (κ3) is 4.51. The lowest BCUT2D eigenvalue weighted by atomic mass is 9.79. The normalized spacial score (nSPS) is 25.9. The maximum Gasteiger partial charge on any atom is 0.198 e. The summed E-state index contributed by atoms with van der Waals surface area (Å²) in [4.78, 5) is 0. The molecule has 0 spiro atoms. The van der Waals surface area contributed by atoms with E-state index in [2.05, 4.69) is 37.5 Å². The van der Waals surface area contributed by atoms with E-state index >= 15 is 0 Å². The van der Waals surface area contributed by atoms with Crippen molar-refractivity contribution in [2.45, 2.75) is 87.1 Å². The van der Waals surface area contributed by atoms with Crippen molar-refractivity contribution >= 4 is 0 Å². The van der Waals surface area contributed by atoms with Crippen molar-refractivity contribution in [3.63, 3.8) is 0 Å². The van der Waals surface area contributed by atoms with Crippen LogP contribution in [0.5, 0.6) is 23.5 Å². The van der Waals surface area contributed by atoms with E-state index < -0.39 is 0 Å². The zero-order valence-corrected chi connectivity index (χ0v) is 24.4. The largest absolute Gasteiger partial charge is 0.494 e. The van der Waals surface area contributed by atoms with Gasteiger partial charge in [0.05, 0.1) is 13.2 Å². The van der Waals surface area contributed by atoms with E-state index in [1.54, 1.807) is 9.13 Å². The van der Waals surface area contributed by atoms with Crippen molar-refractivity contribution in [1.29, 1.82) is 0 Å². The Morgan fingerprint density at radius 1 is 0.690 bits per heavy atom. The lowest BCUT2D eigenvalue weighted by Gasteiger charge is -2.24. The fraction of sp³-hybridized carbons (Fsp3) is 0.529. The van der Waals surface area contributed by atoms with Crippen molar-refractivity contribution in [2.24, 2.45) is 0 Å². The van der Waals surface area contributed by atoms with Crippen molar-refractivity contribution in [2.75, 3.05) is 26.4 Å². The van der Waals surface area contributed by atoms with Gasteiger partial charge in [0, 0.05) is 71.2 Å². The molecule has 2 aromatic rings. The van der Waals surface area contributed by atoms with Gasteiger partial charge >= 0.3 is 0 Å². The molecule has 0 aromatic carbocycles. The summed E-state index contributed by atoms with van der Waals surface area (Å²) in [5.41, 5.74) is 3.17. The molecule has 0 amide bonds. The van der Waals surface area contributed by atoms with Gasteiger partial charge in [0.1, 0.15) is 0 Å². The molecule has 4 unspecified atom stereocenters. The van der Waals surface area contributed by atoms with Crippen LogP contribution < -0.4 is 0 Å². The van der Waals surface area contributed by atoms with Crippen LogP contribution in [0.2, 0.25) is 0 Å². The molecule has 0 saturated heterocycles. The molecule has 4 N–H and O–H groups in total. The number of nitrogens with zero attached hydrogens (tertiary/aromatic N) is 2. The highest BCUT2D eigenvalue weighted by molar-refractivity contribution is 5.63. The van der Waals surface area contributed by atoms with Gasteiger partial charge in [-0.3, -0.25) is 9.13 Å². The molecule has 8 heteroatoms. The fourth-order valence-electron chi connectivity index (χ4n) is 8.07. The summed E-state index contributed by atoms with van der Waals surface area (Å²) < 4.78 is 14.7. The van der Waals surface area contributed by atoms with Crippen LogP contribution in [0.1, 0.15) is 85.5 Å². The van der Waals surface area contributed by atoms with Crippen LogP contribution in [-0.4, -0.2) is 56.0 Å². The van der Waals surface area contributed by atoms with Crippen LogP contribution in [-0.2, 0) is 33.4 Å². The summed E-state index contributed by atoms with van der Waals surface area (Å²) in [5, 5.41) is 43.8. The first-order chi connectivity index (χ1) is 20.4. The number of ether oxygens (including phenoxy) is 2. The predicted octanol–water partition coefficient (Wildman–Crippen LogP) is 6.15. The number of rotatable bonds is 17. The monoisotopic (exact) mass is 576 g/mol. The second-order valence-corrected chi connectivity index (χ2v) is 12.4. The van der Waals surface area contributed by atoms with Gasteiger partial charge in [-0.25, -0.2) is 0 Å². The summed E-state index contributed by atoms with van der Waals surface area (Å²) in [7, 11) is 0. The molecule has 2 aromatic heterocycles. The first kappa shape index (κ1) is 28.7. The van der Waals surface area contributed by atoms with Gasteiger partial charge in [0.2, 0.25) is 0 Å². The fourth-order valence-corrected chi connectivity index (χ4v) is 8.07. The Morgan fingerprint density at radius 2 is 1.12 bits per heavy atom. The van der Waals surface area contributed by atoms with Gasteiger partial charge in [-0.05, 0) is 51.4 Å². The van der Waals surface area contributed by atoms with Gasteiger partial charge in [0.15, 0.2) is 23.5 Å². The molecule has 4 atom stereocenters. The van der Waals surface area contributed by atoms with E-state index in [-0.39, 0.29) is 46.2 Å². The SMILES string of the molecule is C=CCCC12C=CC(C1)c1c2c(O)n(CCCOCCOCCCn2c(O)c3c(c2O)C2(CCC=C)C=CC3C2)c1O. The molecule has 42 heavy (non-hydrogen) atoms. The van der Waals surface area contributed by atoms with Crippen molar-refractivity contribution in [3.05, 3.63) is 71.9 Å². The Kier molecular flexibility index (Phi) is 7.79. The first-order valence-corrected chi connectivity index (χ1v) is 15.4. The molecular weight excluding hydrogens is 532 g/mol. The van der Waals surface area contributed by atoms with Crippen LogP contribution >= 0.6 is 0 Å². The van der Waals surface area contributed by atoms with Gasteiger partial charge in [-0.15, -0.1) is 13.2 Å². The molecule has 6 rings (SSSR count). The zero-order valence-electron chi connectivity index (χ0n) is 24.4. The third-order valence-electron chi connectivity index (χ3n) is 9.99. The van der Waals surface area contributed by atoms with Gasteiger partial charge < -0.3 is 29.9 Å². The molecular formula is C34H44N2O6. The lowest BCUT2D eigenvalue weighted by molar-refractivity contribution is 0.0435. The quantitative estimate of drug-likeness (QED) is 0.133. The Balaban J connectivity index is 0.911. The van der Waals surface area contributed by atoms with E-state index in [4.69, 9.17) is 9.47 Å². The first-order valence-electron chi connectivity index (χ1n) is 15.4. The molecule has 4 aliphatic rings. The van der Waals surface area contributed by atoms with Crippen molar-refractivity contribution < 1.29 is 29.9 Å². The van der Waals surface area contributed by atoms with Crippen LogP contribution in [0.25, 0.3) is 0 Å². The molecule has 0 radical (unpaired) electrons. The predicted molar refractivity (Wildman–Crippen MR) is 162 cm³/mol. The molecule has 4 aliphatic carbocycles. The standard InChI is InChI=1S/C34H44N2O6/c1-3-5-11-33-13-9-23(21-33)25-27(33)31(39)35(29(25)37)15-7-17-41-19-20-42-18-8-16-36-30(38)26-24-10-14-34(22-24,12-6-4-2)28(26)32(36)40/h3-4,9-10,13-14,23-24,37-40H,1-2,5-8,11-12,15-22H2. The highest BCUT2D eigenvalue weighted by atomic mass is 16.5. The smallest absolute Gasteiger partial charge is 0.198 e. The van der Waals surface area contributed by atoms with Crippen molar-refractivity contribution in [1.82, 2.24) is 9.13 Å². The Hall–Kier alpha value is -3.36. The average molecular weight is 577 g/mol. The van der Waals surface area contributed by atoms with Crippen LogP contribution in [0.15, 0.2) is 49.6 Å². The van der Waals surface area contributed by atoms with Crippen molar-refractivity contribution in [3.8, 4) is 23.5 Å². The lowest BCUT2D eigenvalue weighted by Crippen LogP contribution is -2.18. The summed E-state index contributed by atoms with van der Waals surface area (Å²) in [6.45, 7) is 10.5. The summed E-state index contributed by atoms with van der Waals surface area (Å²) in [5.74, 6) is 1.07. The minimum absolute atomic E-state index is 0.169. The highest BCUT2D eigenvalue weighted by Crippen LogP contribution is 2.62. The van der Waals surface area contributed by atoms with E-state index in [1.165, 1.54) is 0 Å². The molecule has 0 saturated carbocycles. The molecule has 0 aliphatic heterocycles. The van der Waals surface area contributed by atoms with Crippen LogP contribution in [0.4, 0.5) is 0 Å². The summed E-state index contributed by atoms with van der Waals surface area (Å²) in [6, 6.07) is 0. The molecule has 0 fully saturated rings. The second kappa shape index (κ2) is 11.4. The Bertz CT molecular complexity index is 1310. The highest BCUT2D eigenvalue weighted by Gasteiger charge is 2.51. The minimum Gasteiger partial charge on any atom is -0.494 e. The number of allylic oxidation sites excluding steroid dienone is 6. The van der Waals surface area contributed by atoms with E-state index in [0.717, 1.165) is 60.8 Å². The number of hydrogen-bond donors (Lipinski definition) is 4. The van der Waals surface area contributed by atoms with Crippen LogP contribution in [0.3, 0.4) is 0 Å². The van der Waals surface area contributed by atoms with Gasteiger partial charge in [-0.1, -0.05) is 36.5 Å². The van der Waals surface area contributed by atoms with E-state index in [0.29, 0.717) is 52.4 Å². The number of aromatic nitrogens is 2. The summed E-state index contributed by atoms with van der Waals surface area (Å²) in [6.07, 6.45) is 19.2. The second-order valence-electron chi connectivity index (χ2n) is 12.4. The Labute approximate surface area is 247 Å². The summed E-state index contributed by atoms with van der Waals surface area (Å²) >= 11 is 0. The van der Waals surface area contributed by atoms with E-state index in [9.17, 15) is 20.4 Å². The Morgan fingerprint density at radius 3 is 1.52 bits per heavy atom. The molecule has 8 nitrogen and oxygen atoms in total. The van der Waals surface area contributed by atoms with E-state index in [1.807, 2.05) is 12.2 Å². The minimum atomic E-state index is -0.196. The average Bonchev–Trinajstić information content (AvgIpc) is 3.82. The third-order valence-corrected chi connectivity index (χ3v) is 9.99. The molecule has 4 bridgehead atoms. The number of aromatic hydroxyl groups is 4. The number of fused-ring (bicyclic) bond motifs is 10. The molecule has 2 heterocycles. The number of hydrogen-bond acceptors (Lipinski definition) is 6. The van der Waals surface area contributed by atoms with Gasteiger partial charge in [-0.2, -0.15) is 0 Å². The topological polar surface area (TPSA) is 109 Å².